The molecule has 1 aromatic carbocycles. The fraction of sp³-hybridized carbons (Fsp3) is 0.407. The third-order valence-corrected chi connectivity index (χ3v) is 5.41. The first kappa shape index (κ1) is 23.6. The van der Waals surface area contributed by atoms with Crippen molar-refractivity contribution in [1.82, 2.24) is 9.88 Å². The number of aromatic nitrogens is 1. The highest BCUT2D eigenvalue weighted by Gasteiger charge is 2.19. The van der Waals surface area contributed by atoms with Crippen LogP contribution in [0.2, 0.25) is 0 Å². The molecule has 170 valence electrons. The summed E-state index contributed by atoms with van der Waals surface area (Å²) in [4.78, 5) is 18.7. The normalized spacial score (nSPS) is 14.2. The predicted octanol–water partition coefficient (Wildman–Crippen LogP) is 5.76. The van der Waals surface area contributed by atoms with Crippen LogP contribution >= 0.6 is 0 Å². The summed E-state index contributed by atoms with van der Waals surface area (Å²) < 4.78 is 11.5. The number of carbonyl (C=O) groups is 1. The molecule has 0 aliphatic carbocycles. The SMILES string of the molecule is CC=CC=CC(=O)N1CCc2ccc(OCCc3coc(/C=C/CCC(C)C)n3)cc2C1. The Morgan fingerprint density at radius 2 is 2.16 bits per heavy atom. The van der Waals surface area contributed by atoms with Gasteiger partial charge in [-0.25, -0.2) is 4.98 Å². The maximum Gasteiger partial charge on any atom is 0.246 e. The van der Waals surface area contributed by atoms with E-state index in [-0.39, 0.29) is 5.91 Å². The highest BCUT2D eigenvalue weighted by molar-refractivity contribution is 5.88. The molecule has 1 aliphatic heterocycles. The third kappa shape index (κ3) is 7.26. The molecule has 5 nitrogen and oxygen atoms in total. The standard InChI is InChI=1S/C27H34N2O3/c1-4-5-6-11-27(30)29-16-14-22-12-13-25(18-23(22)19-29)31-17-15-24-20-32-26(28-24)10-8-7-9-21(2)3/h4-6,8,10-13,18,20-21H,7,9,14-17,19H2,1-3H3/b5-4?,10-8+,11-6?. The summed E-state index contributed by atoms with van der Waals surface area (Å²) in [5, 5.41) is 0. The van der Waals surface area contributed by atoms with E-state index in [2.05, 4.69) is 37.0 Å². The van der Waals surface area contributed by atoms with Crippen LogP contribution in [0.1, 0.15) is 56.3 Å². The first-order valence-corrected chi connectivity index (χ1v) is 11.5. The van der Waals surface area contributed by atoms with E-state index in [0.29, 0.717) is 31.4 Å². The number of rotatable bonds is 10. The molecule has 0 spiro atoms. The number of nitrogens with zero attached hydrogens (tertiary/aromatic N) is 2. The molecular formula is C27H34N2O3. The molecule has 1 aromatic heterocycles. The van der Waals surface area contributed by atoms with E-state index < -0.39 is 0 Å². The number of hydrogen-bond acceptors (Lipinski definition) is 4. The number of carbonyl (C=O) groups excluding carboxylic acids is 1. The number of fused-ring (bicyclic) bond motifs is 1. The monoisotopic (exact) mass is 434 g/mol. The van der Waals surface area contributed by atoms with Gasteiger partial charge in [0, 0.05) is 25.6 Å². The maximum atomic E-state index is 12.4. The average Bonchev–Trinajstić information content (AvgIpc) is 3.24. The minimum Gasteiger partial charge on any atom is -0.493 e. The Bertz CT molecular complexity index is 969. The van der Waals surface area contributed by atoms with Crippen LogP contribution in [0.5, 0.6) is 5.75 Å². The Morgan fingerprint density at radius 1 is 1.28 bits per heavy atom. The van der Waals surface area contributed by atoms with Gasteiger partial charge in [0.25, 0.3) is 0 Å². The van der Waals surface area contributed by atoms with Crippen LogP contribution in [-0.4, -0.2) is 28.9 Å². The molecule has 0 radical (unpaired) electrons. The zero-order chi connectivity index (χ0) is 22.8. The largest absolute Gasteiger partial charge is 0.493 e. The maximum absolute atomic E-state index is 12.4. The molecule has 2 aromatic rings. The van der Waals surface area contributed by atoms with Crippen molar-refractivity contribution >= 4 is 12.0 Å². The van der Waals surface area contributed by atoms with Crippen LogP contribution in [0.15, 0.2) is 59.3 Å². The summed E-state index contributed by atoms with van der Waals surface area (Å²) in [6.45, 7) is 8.25. The van der Waals surface area contributed by atoms with E-state index >= 15 is 0 Å². The third-order valence-electron chi connectivity index (χ3n) is 5.41. The molecule has 0 atom stereocenters. The number of amides is 1. The lowest BCUT2D eigenvalue weighted by Crippen LogP contribution is -2.34. The summed E-state index contributed by atoms with van der Waals surface area (Å²) in [6.07, 6.45) is 16.7. The van der Waals surface area contributed by atoms with Gasteiger partial charge in [0.1, 0.15) is 12.0 Å². The summed E-state index contributed by atoms with van der Waals surface area (Å²) in [6, 6.07) is 6.17. The van der Waals surface area contributed by atoms with E-state index in [1.807, 2.05) is 36.1 Å². The summed E-state index contributed by atoms with van der Waals surface area (Å²) in [5.74, 6) is 2.20. The number of oxazole rings is 1. The molecule has 0 unspecified atom stereocenters. The first-order chi connectivity index (χ1) is 15.5. The second kappa shape index (κ2) is 12.1. The van der Waals surface area contributed by atoms with Gasteiger partial charge in [-0.15, -0.1) is 0 Å². The summed E-state index contributed by atoms with van der Waals surface area (Å²) >= 11 is 0. The Kier molecular flexibility index (Phi) is 8.90. The molecule has 3 rings (SSSR count). The van der Waals surface area contributed by atoms with E-state index in [1.54, 1.807) is 18.4 Å². The fourth-order valence-electron chi connectivity index (χ4n) is 3.57. The Labute approximate surface area is 191 Å². The van der Waals surface area contributed by atoms with Crippen molar-refractivity contribution in [3.05, 3.63) is 77.6 Å². The zero-order valence-electron chi connectivity index (χ0n) is 19.4. The molecule has 5 heteroatoms. The van der Waals surface area contributed by atoms with Crippen molar-refractivity contribution in [2.24, 2.45) is 5.92 Å². The molecule has 32 heavy (non-hydrogen) atoms. The van der Waals surface area contributed by atoms with Gasteiger partial charge in [-0.05, 0) is 61.4 Å². The van der Waals surface area contributed by atoms with Crippen LogP contribution in [0, 0.1) is 5.92 Å². The van der Waals surface area contributed by atoms with Gasteiger partial charge in [-0.2, -0.15) is 0 Å². The number of benzene rings is 1. The van der Waals surface area contributed by atoms with Gasteiger partial charge in [0.05, 0.1) is 12.3 Å². The van der Waals surface area contributed by atoms with E-state index in [9.17, 15) is 4.79 Å². The first-order valence-electron chi connectivity index (χ1n) is 11.5. The number of ether oxygens (including phenoxy) is 1. The molecule has 1 amide bonds. The molecule has 0 fully saturated rings. The number of hydrogen-bond donors (Lipinski definition) is 0. The summed E-state index contributed by atoms with van der Waals surface area (Å²) in [5.41, 5.74) is 3.32. The van der Waals surface area contributed by atoms with Gasteiger partial charge in [-0.1, -0.05) is 44.2 Å². The van der Waals surface area contributed by atoms with Crippen LogP contribution in [-0.2, 0) is 24.2 Å². The van der Waals surface area contributed by atoms with Crippen LogP contribution < -0.4 is 4.74 Å². The smallest absolute Gasteiger partial charge is 0.246 e. The molecule has 1 aliphatic rings. The van der Waals surface area contributed by atoms with Crippen molar-refractivity contribution in [2.75, 3.05) is 13.2 Å². The van der Waals surface area contributed by atoms with Crippen LogP contribution in [0.4, 0.5) is 0 Å². The second-order valence-electron chi connectivity index (χ2n) is 8.47. The van der Waals surface area contributed by atoms with Crippen LogP contribution in [0.3, 0.4) is 0 Å². The molecule has 0 saturated heterocycles. The molecule has 0 bridgehead atoms. The van der Waals surface area contributed by atoms with Gasteiger partial charge in [0.15, 0.2) is 0 Å². The Hall–Kier alpha value is -3.08. The number of allylic oxidation sites excluding steroid dienone is 4. The Balaban J connectivity index is 1.49. The van der Waals surface area contributed by atoms with Crippen molar-refractivity contribution in [3.8, 4) is 5.75 Å². The highest BCUT2D eigenvalue weighted by Crippen LogP contribution is 2.24. The van der Waals surface area contributed by atoms with Crippen LogP contribution in [0.25, 0.3) is 6.08 Å². The lowest BCUT2D eigenvalue weighted by atomic mass is 9.99. The molecule has 2 heterocycles. The van der Waals surface area contributed by atoms with Gasteiger partial charge in [0.2, 0.25) is 11.8 Å². The minimum absolute atomic E-state index is 0.0418. The summed E-state index contributed by atoms with van der Waals surface area (Å²) in [7, 11) is 0. The van der Waals surface area contributed by atoms with Crippen molar-refractivity contribution in [3.63, 3.8) is 0 Å². The Morgan fingerprint density at radius 3 is 2.97 bits per heavy atom. The van der Waals surface area contributed by atoms with Crippen molar-refractivity contribution < 1.29 is 13.9 Å². The van der Waals surface area contributed by atoms with Crippen molar-refractivity contribution in [2.45, 2.75) is 53.0 Å². The van der Waals surface area contributed by atoms with Gasteiger partial charge >= 0.3 is 0 Å². The lowest BCUT2D eigenvalue weighted by molar-refractivity contribution is -0.126. The van der Waals surface area contributed by atoms with Crippen molar-refractivity contribution in [1.29, 1.82) is 0 Å². The van der Waals surface area contributed by atoms with Gasteiger partial charge < -0.3 is 14.1 Å². The van der Waals surface area contributed by atoms with E-state index in [0.717, 1.165) is 42.8 Å². The van der Waals surface area contributed by atoms with Gasteiger partial charge in [-0.3, -0.25) is 4.79 Å². The average molecular weight is 435 g/mol. The second-order valence-corrected chi connectivity index (χ2v) is 8.47. The van der Waals surface area contributed by atoms with E-state index in [1.165, 1.54) is 5.56 Å². The highest BCUT2D eigenvalue weighted by atomic mass is 16.5. The lowest BCUT2D eigenvalue weighted by Gasteiger charge is -2.28. The molecular weight excluding hydrogens is 400 g/mol. The molecule has 0 N–H and O–H groups in total. The minimum atomic E-state index is 0.0418. The van der Waals surface area contributed by atoms with E-state index in [4.69, 9.17) is 9.15 Å². The predicted molar refractivity (Wildman–Crippen MR) is 128 cm³/mol. The fourth-order valence-corrected chi connectivity index (χ4v) is 3.57. The quantitative estimate of drug-likeness (QED) is 0.352. The molecule has 0 saturated carbocycles. The zero-order valence-corrected chi connectivity index (χ0v) is 19.4. The topological polar surface area (TPSA) is 55.6 Å².